The predicted octanol–water partition coefficient (Wildman–Crippen LogP) is 4.44. The van der Waals surface area contributed by atoms with Gasteiger partial charge in [0.05, 0.1) is 41.1 Å². The Hall–Kier alpha value is -4.05. The molecule has 0 bridgehead atoms. The number of anilines is 3. The Morgan fingerprint density at radius 1 is 1.18 bits per heavy atom. The number of nitrogens with one attached hydrogen (secondary N) is 2. The lowest BCUT2D eigenvalue weighted by Crippen LogP contribution is -2.38. The molecule has 1 aromatic carbocycles. The lowest BCUT2D eigenvalue weighted by molar-refractivity contribution is -0.461. The maximum atomic E-state index is 12.3. The van der Waals surface area contributed by atoms with Crippen molar-refractivity contribution in [3.63, 3.8) is 0 Å². The number of rotatable bonds is 8. The van der Waals surface area contributed by atoms with E-state index in [1.807, 2.05) is 35.3 Å². The number of hydrazone groups is 1. The molecule has 3 heterocycles. The molecular weight excluding hydrogens is 508 g/mol. The third kappa shape index (κ3) is 4.88. The fourth-order valence-corrected chi connectivity index (χ4v) is 6.26. The van der Waals surface area contributed by atoms with Crippen molar-refractivity contribution in [1.29, 1.82) is 0 Å². The van der Waals surface area contributed by atoms with Crippen LogP contribution in [0.15, 0.2) is 41.8 Å². The first-order valence-electron chi connectivity index (χ1n) is 14.0. The third-order valence-electron chi connectivity index (χ3n) is 8.48. The van der Waals surface area contributed by atoms with Gasteiger partial charge in [0.1, 0.15) is 17.8 Å². The zero-order valence-corrected chi connectivity index (χ0v) is 22.9. The van der Waals surface area contributed by atoms with Gasteiger partial charge in [-0.15, -0.1) is 0 Å². The number of primary amides is 1. The summed E-state index contributed by atoms with van der Waals surface area (Å²) in [4.78, 5) is 28.7. The lowest BCUT2D eigenvalue weighted by Gasteiger charge is -2.28. The first-order chi connectivity index (χ1) is 19.4. The van der Waals surface area contributed by atoms with Crippen molar-refractivity contribution >= 4 is 46.5 Å². The van der Waals surface area contributed by atoms with E-state index in [0.717, 1.165) is 56.3 Å². The van der Waals surface area contributed by atoms with Crippen LogP contribution in [0.2, 0.25) is 0 Å². The number of hydrogen-bond acceptors (Lipinski definition) is 7. The highest BCUT2D eigenvalue weighted by Gasteiger charge is 2.50. The van der Waals surface area contributed by atoms with Crippen LogP contribution in [0.5, 0.6) is 5.75 Å². The second-order valence-corrected chi connectivity index (χ2v) is 11.0. The van der Waals surface area contributed by atoms with Gasteiger partial charge in [-0.25, -0.2) is 4.98 Å². The summed E-state index contributed by atoms with van der Waals surface area (Å²) in [7, 11) is 1.61. The second kappa shape index (κ2) is 10.5. The van der Waals surface area contributed by atoms with E-state index in [-0.39, 0.29) is 23.0 Å². The van der Waals surface area contributed by atoms with Gasteiger partial charge in [-0.1, -0.05) is 16.8 Å². The molecule has 4 aliphatic rings. The standard InChI is InChI=1S/C30H34N6O4/c1-18(23-7-4-11-30(23)12-5-13-40-30)36-17-20(15-33-36)21-6-3-8-24(27(21)39-2)34-25-14-26(32-16-22(25)28(31)37)35-29(38)19-9-10-19/h3,6,8,14-17,19,23H,4-5,7,9-13H2,1-2H3,(H3-,31,32,34,35,37,38)/p+1/b36-18+/t23?,30-/m1/s1. The van der Waals surface area contributed by atoms with Crippen molar-refractivity contribution in [2.24, 2.45) is 22.7 Å². The summed E-state index contributed by atoms with van der Waals surface area (Å²) in [5, 5.41) is 10.8. The van der Waals surface area contributed by atoms with Gasteiger partial charge in [-0.2, -0.15) is 0 Å². The van der Waals surface area contributed by atoms with Crippen LogP contribution in [-0.2, 0) is 9.53 Å². The number of carbonyl (C=O) groups is 2. The van der Waals surface area contributed by atoms with E-state index in [4.69, 9.17) is 20.3 Å². The Bertz CT molecular complexity index is 1450. The fraction of sp³-hybridized carbons (Fsp3) is 0.433. The Balaban J connectivity index is 1.30. The Morgan fingerprint density at radius 3 is 2.73 bits per heavy atom. The number of para-hydroxylation sites is 1. The zero-order valence-electron chi connectivity index (χ0n) is 22.9. The van der Waals surface area contributed by atoms with E-state index in [1.165, 1.54) is 18.3 Å². The minimum absolute atomic E-state index is 0.0255. The molecule has 2 saturated carbocycles. The van der Waals surface area contributed by atoms with Crippen LogP contribution in [0.3, 0.4) is 0 Å². The molecule has 10 nitrogen and oxygen atoms in total. The molecule has 3 fully saturated rings. The molecule has 2 aliphatic carbocycles. The summed E-state index contributed by atoms with van der Waals surface area (Å²) in [5.41, 5.74) is 9.80. The molecule has 1 spiro atoms. The van der Waals surface area contributed by atoms with Crippen molar-refractivity contribution in [3.8, 4) is 5.75 Å². The molecule has 208 valence electrons. The van der Waals surface area contributed by atoms with Crippen LogP contribution in [0.1, 0.15) is 67.8 Å². The topological polar surface area (TPSA) is 131 Å². The molecule has 2 aromatic rings. The number of benzene rings is 1. The largest absolute Gasteiger partial charge is 0.494 e. The average Bonchev–Trinajstić information content (AvgIpc) is 3.32. The van der Waals surface area contributed by atoms with Crippen LogP contribution in [0, 0.1) is 11.8 Å². The Morgan fingerprint density at radius 2 is 2.00 bits per heavy atom. The maximum Gasteiger partial charge on any atom is 0.252 e. The van der Waals surface area contributed by atoms with E-state index >= 15 is 0 Å². The maximum absolute atomic E-state index is 12.3. The van der Waals surface area contributed by atoms with Gasteiger partial charge in [0.2, 0.25) is 12.1 Å². The molecule has 2 amide bonds. The van der Waals surface area contributed by atoms with E-state index in [1.54, 1.807) is 13.2 Å². The van der Waals surface area contributed by atoms with Gasteiger partial charge in [0, 0.05) is 37.3 Å². The average molecular weight is 544 g/mol. The first kappa shape index (κ1) is 26.2. The molecule has 0 radical (unpaired) electrons. The molecule has 4 N–H and O–H groups in total. The second-order valence-electron chi connectivity index (χ2n) is 11.0. The number of nitrogens with two attached hydrogens (primary N) is 1. The van der Waals surface area contributed by atoms with Gasteiger partial charge in [-0.05, 0) is 56.1 Å². The van der Waals surface area contributed by atoms with Gasteiger partial charge in [0.25, 0.3) is 5.91 Å². The molecule has 40 heavy (non-hydrogen) atoms. The van der Waals surface area contributed by atoms with E-state index in [0.29, 0.717) is 28.9 Å². The fourth-order valence-electron chi connectivity index (χ4n) is 6.26. The highest BCUT2D eigenvalue weighted by atomic mass is 16.5. The number of pyridine rings is 1. The third-order valence-corrected chi connectivity index (χ3v) is 8.48. The van der Waals surface area contributed by atoms with Gasteiger partial charge in [0.15, 0.2) is 5.71 Å². The van der Waals surface area contributed by atoms with Crippen LogP contribution < -0.4 is 21.1 Å². The number of amides is 2. The normalized spacial score (nSPS) is 24.8. The molecule has 10 heteroatoms. The Kier molecular flexibility index (Phi) is 6.87. The molecular formula is C30H35N6O4+. The first-order valence-corrected chi connectivity index (χ1v) is 14.0. The molecule has 1 unspecified atom stereocenters. The molecule has 2 aliphatic heterocycles. The highest BCUT2D eigenvalue weighted by Crippen LogP contribution is 2.46. The summed E-state index contributed by atoms with van der Waals surface area (Å²) in [5.74, 6) is 0.615. The quantitative estimate of drug-likeness (QED) is 0.422. The molecule has 1 saturated heterocycles. The van der Waals surface area contributed by atoms with Gasteiger partial charge >= 0.3 is 0 Å². The molecule has 1 aromatic heterocycles. The van der Waals surface area contributed by atoms with E-state index in [2.05, 4.69) is 22.5 Å². The van der Waals surface area contributed by atoms with Crippen molar-refractivity contribution in [1.82, 2.24) is 4.98 Å². The molecule has 6 rings (SSSR count). The van der Waals surface area contributed by atoms with Gasteiger partial charge < -0.3 is 25.8 Å². The monoisotopic (exact) mass is 543 g/mol. The highest BCUT2D eigenvalue weighted by molar-refractivity contribution is 6.12. The zero-order chi connectivity index (χ0) is 27.9. The smallest absolute Gasteiger partial charge is 0.252 e. The van der Waals surface area contributed by atoms with E-state index in [9.17, 15) is 9.59 Å². The van der Waals surface area contributed by atoms with Crippen LogP contribution >= 0.6 is 0 Å². The number of aromatic nitrogens is 1. The minimum atomic E-state index is -0.631. The number of nitrogens with zero attached hydrogens (tertiary/aromatic N) is 3. The van der Waals surface area contributed by atoms with Crippen LogP contribution in [-0.4, -0.2) is 52.7 Å². The van der Waals surface area contributed by atoms with Gasteiger partial charge in [-0.3, -0.25) is 9.59 Å². The van der Waals surface area contributed by atoms with Crippen molar-refractivity contribution in [2.45, 2.75) is 57.5 Å². The number of methoxy groups -OCH3 is 1. The summed E-state index contributed by atoms with van der Waals surface area (Å²) in [6, 6.07) is 7.36. The van der Waals surface area contributed by atoms with Crippen molar-refractivity contribution in [3.05, 3.63) is 47.8 Å². The number of hydrogen-bond donors (Lipinski definition) is 3. The van der Waals surface area contributed by atoms with Crippen LogP contribution in [0.25, 0.3) is 5.57 Å². The summed E-state index contributed by atoms with van der Waals surface area (Å²) < 4.78 is 14.1. The van der Waals surface area contributed by atoms with Crippen molar-refractivity contribution in [2.75, 3.05) is 24.4 Å². The van der Waals surface area contributed by atoms with E-state index < -0.39 is 5.91 Å². The number of allylic oxidation sites excluding steroid dienone is 1. The minimum Gasteiger partial charge on any atom is -0.494 e. The summed E-state index contributed by atoms with van der Waals surface area (Å²) in [6.07, 6.45) is 12.6. The SMILES string of the molecule is COc1c(Nc2cc(NC(=O)C3CC3)ncc2C(N)=O)cccc1C1=C/[N+](=C(/C)C2CCC[C@@]23CCCO3)N=C1. The Labute approximate surface area is 233 Å². The lowest BCUT2D eigenvalue weighted by atomic mass is 9.85. The number of ether oxygens (including phenoxy) is 2. The number of carbonyl (C=O) groups excluding carboxylic acids is 2. The summed E-state index contributed by atoms with van der Waals surface area (Å²) >= 11 is 0. The summed E-state index contributed by atoms with van der Waals surface area (Å²) in [6.45, 7) is 2.99. The van der Waals surface area contributed by atoms with Crippen LogP contribution in [0.4, 0.5) is 17.2 Å². The van der Waals surface area contributed by atoms with Crippen molar-refractivity contribution < 1.29 is 23.7 Å². The molecule has 2 atom stereocenters. The predicted molar refractivity (Wildman–Crippen MR) is 153 cm³/mol.